The lowest BCUT2D eigenvalue weighted by Crippen LogP contribution is -2.65. The second-order valence-corrected chi connectivity index (χ2v) is 6.64. The highest BCUT2D eigenvalue weighted by atomic mass is 79.9. The van der Waals surface area contributed by atoms with Crippen LogP contribution in [-0.4, -0.2) is 23.9 Å². The molecule has 0 bridgehead atoms. The number of benzene rings is 1. The van der Waals surface area contributed by atoms with Gasteiger partial charge in [-0.3, -0.25) is 9.59 Å². The molecule has 0 atom stereocenters. The number of carbonyl (C=O) groups excluding carboxylic acids is 2. The average Bonchev–Trinajstić information content (AvgIpc) is 2.88. The summed E-state index contributed by atoms with van der Waals surface area (Å²) in [6.07, 6.45) is 3.23. The molecule has 1 heterocycles. The minimum absolute atomic E-state index is 0.0144. The third-order valence-electron chi connectivity index (χ3n) is 4.32. The Hall–Kier alpha value is -1.43. The summed E-state index contributed by atoms with van der Waals surface area (Å²) in [7, 11) is 0. The Morgan fingerprint density at radius 2 is 1.95 bits per heavy atom. The lowest BCUT2D eigenvalue weighted by Gasteiger charge is -2.40. The smallest absolute Gasteiger partial charge is 0.253 e. The Morgan fingerprint density at radius 1 is 1.29 bits per heavy atom. The fraction of sp³-hybridized carbons (Fsp3) is 0.467. The van der Waals surface area contributed by atoms with Crippen LogP contribution in [0.4, 0.5) is 10.1 Å². The van der Waals surface area contributed by atoms with Crippen LogP contribution in [0.15, 0.2) is 16.6 Å². The van der Waals surface area contributed by atoms with E-state index in [1.807, 2.05) is 0 Å². The fourth-order valence-corrected chi connectivity index (χ4v) is 3.60. The molecule has 0 aromatic heterocycles. The zero-order valence-corrected chi connectivity index (χ0v) is 13.3. The Labute approximate surface area is 130 Å². The number of hydrogen-bond acceptors (Lipinski definition) is 2. The number of carbonyl (C=O) groups is 2. The van der Waals surface area contributed by atoms with Gasteiger partial charge in [0.25, 0.3) is 5.91 Å². The standard InChI is InChI=1S/C15H16BrFN2O2/c1-9-6-11(17)10(16)7-12(9)19-8-13(20)18-15(14(19)21)4-2-3-5-15/h6-7H,2-5,8H2,1H3,(H,18,20). The molecule has 1 aliphatic heterocycles. The number of rotatable bonds is 1. The lowest BCUT2D eigenvalue weighted by molar-refractivity contribution is -0.135. The number of nitrogens with one attached hydrogen (secondary N) is 1. The first-order valence-corrected chi connectivity index (χ1v) is 7.81. The summed E-state index contributed by atoms with van der Waals surface area (Å²) < 4.78 is 13.9. The van der Waals surface area contributed by atoms with E-state index in [1.54, 1.807) is 13.0 Å². The first-order chi connectivity index (χ1) is 9.93. The maximum Gasteiger partial charge on any atom is 0.253 e. The number of hydrogen-bond donors (Lipinski definition) is 1. The molecule has 6 heteroatoms. The maximum atomic E-state index is 13.6. The van der Waals surface area contributed by atoms with Gasteiger partial charge in [-0.1, -0.05) is 12.8 Å². The maximum absolute atomic E-state index is 13.6. The van der Waals surface area contributed by atoms with E-state index in [-0.39, 0.29) is 24.2 Å². The highest BCUT2D eigenvalue weighted by molar-refractivity contribution is 9.10. The Bertz CT molecular complexity index is 626. The van der Waals surface area contributed by atoms with Gasteiger partial charge in [-0.2, -0.15) is 0 Å². The first kappa shape index (κ1) is 14.5. The summed E-state index contributed by atoms with van der Waals surface area (Å²) in [6.45, 7) is 1.73. The molecule has 1 aliphatic carbocycles. The predicted molar refractivity (Wildman–Crippen MR) is 80.5 cm³/mol. The summed E-state index contributed by atoms with van der Waals surface area (Å²) in [6, 6.07) is 2.95. The third-order valence-corrected chi connectivity index (χ3v) is 4.93. The highest BCUT2D eigenvalue weighted by Crippen LogP contribution is 2.36. The molecule has 1 spiro atoms. The minimum Gasteiger partial charge on any atom is -0.340 e. The van der Waals surface area contributed by atoms with Gasteiger partial charge >= 0.3 is 0 Å². The minimum atomic E-state index is -0.761. The molecule has 1 saturated heterocycles. The van der Waals surface area contributed by atoms with Crippen LogP contribution in [0.1, 0.15) is 31.2 Å². The monoisotopic (exact) mass is 354 g/mol. The fourth-order valence-electron chi connectivity index (χ4n) is 3.27. The van der Waals surface area contributed by atoms with E-state index in [4.69, 9.17) is 0 Å². The summed E-state index contributed by atoms with van der Waals surface area (Å²) in [5.41, 5.74) is 0.476. The van der Waals surface area contributed by atoms with Gasteiger partial charge in [-0.05, 0) is 53.4 Å². The van der Waals surface area contributed by atoms with E-state index < -0.39 is 5.54 Å². The quantitative estimate of drug-likeness (QED) is 0.842. The van der Waals surface area contributed by atoms with Gasteiger partial charge in [0.05, 0.1) is 4.47 Å². The molecular weight excluding hydrogens is 339 g/mol. The lowest BCUT2D eigenvalue weighted by atomic mass is 9.92. The molecular formula is C15H16BrFN2O2. The molecule has 2 amide bonds. The van der Waals surface area contributed by atoms with Gasteiger partial charge in [0.1, 0.15) is 17.9 Å². The molecule has 1 aromatic carbocycles. The number of halogens is 2. The number of piperazine rings is 1. The Balaban J connectivity index is 2.03. The molecule has 2 fully saturated rings. The van der Waals surface area contributed by atoms with E-state index in [1.165, 1.54) is 11.0 Å². The van der Waals surface area contributed by atoms with E-state index in [9.17, 15) is 14.0 Å². The topological polar surface area (TPSA) is 49.4 Å². The zero-order valence-electron chi connectivity index (χ0n) is 11.7. The van der Waals surface area contributed by atoms with Crippen molar-refractivity contribution in [3.63, 3.8) is 0 Å². The molecule has 112 valence electrons. The van der Waals surface area contributed by atoms with Gasteiger partial charge in [0, 0.05) is 5.69 Å². The number of anilines is 1. The van der Waals surface area contributed by atoms with Crippen LogP contribution in [0.3, 0.4) is 0 Å². The van der Waals surface area contributed by atoms with Crippen molar-refractivity contribution in [2.75, 3.05) is 11.4 Å². The average molecular weight is 355 g/mol. The van der Waals surface area contributed by atoms with Crippen LogP contribution < -0.4 is 10.2 Å². The van der Waals surface area contributed by atoms with Crippen molar-refractivity contribution in [3.05, 3.63) is 28.0 Å². The molecule has 4 nitrogen and oxygen atoms in total. The van der Waals surface area contributed by atoms with E-state index in [0.717, 1.165) is 12.8 Å². The molecule has 1 N–H and O–H groups in total. The summed E-state index contributed by atoms with van der Waals surface area (Å²) in [5, 5.41) is 2.87. The summed E-state index contributed by atoms with van der Waals surface area (Å²) in [5.74, 6) is -0.613. The molecule has 1 saturated carbocycles. The van der Waals surface area contributed by atoms with Crippen LogP contribution in [0.2, 0.25) is 0 Å². The number of nitrogens with zero attached hydrogens (tertiary/aromatic N) is 1. The van der Waals surface area contributed by atoms with Crippen LogP contribution in [0, 0.1) is 12.7 Å². The first-order valence-electron chi connectivity index (χ1n) is 7.02. The van der Waals surface area contributed by atoms with Crippen LogP contribution in [0.25, 0.3) is 0 Å². The number of aryl methyl sites for hydroxylation is 1. The normalized spacial score (nSPS) is 21.0. The van der Waals surface area contributed by atoms with Crippen molar-refractivity contribution >= 4 is 33.4 Å². The summed E-state index contributed by atoms with van der Waals surface area (Å²) >= 11 is 3.14. The van der Waals surface area contributed by atoms with Crippen LogP contribution in [0.5, 0.6) is 0 Å². The van der Waals surface area contributed by atoms with Gasteiger partial charge in [0.2, 0.25) is 5.91 Å². The van der Waals surface area contributed by atoms with E-state index in [2.05, 4.69) is 21.2 Å². The molecule has 1 aromatic rings. The molecule has 2 aliphatic rings. The van der Waals surface area contributed by atoms with E-state index in [0.29, 0.717) is 28.6 Å². The Kier molecular flexibility index (Phi) is 3.51. The second-order valence-electron chi connectivity index (χ2n) is 5.78. The van der Waals surface area contributed by atoms with Crippen molar-refractivity contribution < 1.29 is 14.0 Å². The van der Waals surface area contributed by atoms with Crippen LogP contribution >= 0.6 is 15.9 Å². The van der Waals surface area contributed by atoms with Crippen molar-refractivity contribution in [1.29, 1.82) is 0 Å². The van der Waals surface area contributed by atoms with Crippen molar-refractivity contribution in [3.8, 4) is 0 Å². The van der Waals surface area contributed by atoms with Crippen LogP contribution in [-0.2, 0) is 9.59 Å². The highest BCUT2D eigenvalue weighted by Gasteiger charge is 2.48. The molecule has 0 unspecified atom stereocenters. The Morgan fingerprint density at radius 3 is 2.62 bits per heavy atom. The zero-order chi connectivity index (χ0) is 15.2. The largest absolute Gasteiger partial charge is 0.340 e. The van der Waals surface area contributed by atoms with Crippen molar-refractivity contribution in [1.82, 2.24) is 5.32 Å². The molecule has 21 heavy (non-hydrogen) atoms. The van der Waals surface area contributed by atoms with Crippen molar-refractivity contribution in [2.45, 2.75) is 38.1 Å². The SMILES string of the molecule is Cc1cc(F)c(Br)cc1N1CC(=O)NC2(CCCC2)C1=O. The molecule has 3 rings (SSSR count). The van der Waals surface area contributed by atoms with Crippen molar-refractivity contribution in [2.24, 2.45) is 0 Å². The second kappa shape index (κ2) is 5.09. The summed E-state index contributed by atoms with van der Waals surface area (Å²) in [4.78, 5) is 26.4. The van der Waals surface area contributed by atoms with Gasteiger partial charge in [0.15, 0.2) is 0 Å². The predicted octanol–water partition coefficient (Wildman–Crippen LogP) is 2.67. The van der Waals surface area contributed by atoms with Gasteiger partial charge < -0.3 is 10.2 Å². The van der Waals surface area contributed by atoms with Gasteiger partial charge in [-0.15, -0.1) is 0 Å². The van der Waals surface area contributed by atoms with E-state index >= 15 is 0 Å². The number of amides is 2. The van der Waals surface area contributed by atoms with Gasteiger partial charge in [-0.25, -0.2) is 4.39 Å². The third kappa shape index (κ3) is 2.35. The molecule has 0 radical (unpaired) electrons.